The van der Waals surface area contributed by atoms with Crippen LogP contribution >= 0.6 is 0 Å². The lowest BCUT2D eigenvalue weighted by atomic mass is 9.90. The van der Waals surface area contributed by atoms with E-state index in [4.69, 9.17) is 4.42 Å². The highest BCUT2D eigenvalue weighted by Crippen LogP contribution is 2.43. The van der Waals surface area contributed by atoms with Crippen LogP contribution in [-0.4, -0.2) is 0 Å². The second kappa shape index (κ2) is 7.11. The van der Waals surface area contributed by atoms with Crippen LogP contribution < -0.4 is 4.57 Å². The van der Waals surface area contributed by atoms with Crippen molar-refractivity contribution in [2.75, 3.05) is 0 Å². The molecule has 0 unspecified atom stereocenters. The normalized spacial score (nSPS) is 11.2. The van der Waals surface area contributed by atoms with E-state index in [1.54, 1.807) is 0 Å². The highest BCUT2D eigenvalue weighted by Gasteiger charge is 2.23. The third-order valence-electron chi connectivity index (χ3n) is 6.10. The molecule has 3 aromatic carbocycles. The average molecular weight is 404 g/mol. The van der Waals surface area contributed by atoms with Crippen molar-refractivity contribution in [2.45, 2.75) is 20.8 Å². The van der Waals surface area contributed by atoms with Gasteiger partial charge in [0.05, 0.1) is 17.2 Å². The molecule has 0 saturated carbocycles. The number of rotatable bonds is 2. The molecule has 2 aromatic heterocycles. The van der Waals surface area contributed by atoms with Gasteiger partial charge in [-0.25, -0.2) is 4.57 Å². The van der Waals surface area contributed by atoms with Crippen LogP contribution in [0.25, 0.3) is 44.3 Å². The molecule has 3 nitrogen and oxygen atoms in total. The molecule has 0 radical (unpaired) electrons. The maximum Gasteiger partial charge on any atom is 0.216 e. The van der Waals surface area contributed by atoms with Crippen molar-refractivity contribution >= 4 is 21.9 Å². The van der Waals surface area contributed by atoms with E-state index in [2.05, 4.69) is 67.8 Å². The first-order chi connectivity index (χ1) is 15.0. The van der Waals surface area contributed by atoms with E-state index in [1.165, 1.54) is 5.56 Å². The van der Waals surface area contributed by atoms with E-state index in [0.717, 1.165) is 55.4 Å². The van der Waals surface area contributed by atoms with Crippen LogP contribution in [0, 0.1) is 32.1 Å². The van der Waals surface area contributed by atoms with Crippen LogP contribution in [0.3, 0.4) is 0 Å². The van der Waals surface area contributed by atoms with Gasteiger partial charge in [-0.2, -0.15) is 5.26 Å². The molecule has 3 heteroatoms. The van der Waals surface area contributed by atoms with E-state index >= 15 is 0 Å². The van der Waals surface area contributed by atoms with Gasteiger partial charge in [-0.1, -0.05) is 35.9 Å². The van der Waals surface area contributed by atoms with Crippen LogP contribution in [0.4, 0.5) is 0 Å². The second-order valence-electron chi connectivity index (χ2n) is 8.22. The first-order valence-corrected chi connectivity index (χ1v) is 10.4. The van der Waals surface area contributed by atoms with Gasteiger partial charge in [0.1, 0.15) is 18.2 Å². The Labute approximate surface area is 181 Å². The van der Waals surface area contributed by atoms with Gasteiger partial charge in [0.25, 0.3) is 0 Å². The Balaban J connectivity index is 1.95. The molecule has 5 aromatic rings. The van der Waals surface area contributed by atoms with Gasteiger partial charge in [-0.05, 0) is 55.7 Å². The summed E-state index contributed by atoms with van der Waals surface area (Å²) in [5.41, 5.74) is 10.0. The molecule has 150 valence electrons. The summed E-state index contributed by atoms with van der Waals surface area (Å²) in [4.78, 5) is 0. The number of nitrogens with zero attached hydrogens (tertiary/aromatic N) is 2. The zero-order valence-corrected chi connectivity index (χ0v) is 18.2. The number of aromatic nitrogens is 1. The first-order valence-electron chi connectivity index (χ1n) is 10.4. The Bertz CT molecular complexity index is 1530. The first kappa shape index (κ1) is 19.1. The molecule has 0 amide bonds. The molecule has 0 N–H and O–H groups in total. The molecule has 0 spiro atoms. The summed E-state index contributed by atoms with van der Waals surface area (Å²) in [7, 11) is 2.05. The molecule has 0 fully saturated rings. The van der Waals surface area contributed by atoms with Crippen LogP contribution in [0.1, 0.15) is 22.3 Å². The van der Waals surface area contributed by atoms with Gasteiger partial charge < -0.3 is 4.42 Å². The molecule has 0 saturated heterocycles. The Morgan fingerprint density at radius 3 is 2.45 bits per heavy atom. The molecular formula is C28H23N2O+. The van der Waals surface area contributed by atoms with Crippen molar-refractivity contribution in [1.82, 2.24) is 0 Å². The highest BCUT2D eigenvalue weighted by atomic mass is 16.3. The predicted octanol–water partition coefficient (Wildman–Crippen LogP) is 6.54. The SMILES string of the molecule is Cc1ccc(-c2c(C#N)ccc3oc4c(-c5cccc[n+]5C)c(C)ccc4c23)c(C)c1. The fourth-order valence-corrected chi connectivity index (χ4v) is 4.60. The quantitative estimate of drug-likeness (QED) is 0.314. The summed E-state index contributed by atoms with van der Waals surface area (Å²) in [6.45, 7) is 6.30. The topological polar surface area (TPSA) is 40.8 Å². The Morgan fingerprint density at radius 1 is 0.871 bits per heavy atom. The number of benzene rings is 3. The Morgan fingerprint density at radius 2 is 1.71 bits per heavy atom. The van der Waals surface area contributed by atoms with Crippen molar-refractivity contribution in [2.24, 2.45) is 7.05 Å². The van der Waals surface area contributed by atoms with Crippen molar-refractivity contribution in [3.63, 3.8) is 0 Å². The molecule has 0 aliphatic carbocycles. The molecule has 5 rings (SSSR count). The van der Waals surface area contributed by atoms with E-state index in [-0.39, 0.29) is 0 Å². The van der Waals surface area contributed by atoms with E-state index in [1.807, 2.05) is 37.5 Å². The number of pyridine rings is 1. The summed E-state index contributed by atoms with van der Waals surface area (Å²) in [6, 6.07) is 23.0. The fourth-order valence-electron chi connectivity index (χ4n) is 4.60. The summed E-state index contributed by atoms with van der Waals surface area (Å²) < 4.78 is 8.59. The zero-order chi connectivity index (χ0) is 21.7. The van der Waals surface area contributed by atoms with Crippen LogP contribution in [0.15, 0.2) is 71.3 Å². The van der Waals surface area contributed by atoms with Crippen molar-refractivity contribution in [1.29, 1.82) is 5.26 Å². The third-order valence-corrected chi connectivity index (χ3v) is 6.10. The summed E-state index contributed by atoms with van der Waals surface area (Å²) >= 11 is 0. The zero-order valence-electron chi connectivity index (χ0n) is 18.2. The molecule has 31 heavy (non-hydrogen) atoms. The van der Waals surface area contributed by atoms with Gasteiger partial charge in [0.15, 0.2) is 6.20 Å². The minimum absolute atomic E-state index is 0.662. The predicted molar refractivity (Wildman–Crippen MR) is 125 cm³/mol. The van der Waals surface area contributed by atoms with Gasteiger partial charge in [-0.15, -0.1) is 0 Å². The van der Waals surface area contributed by atoms with E-state index < -0.39 is 0 Å². The van der Waals surface area contributed by atoms with Crippen LogP contribution in [0.2, 0.25) is 0 Å². The fraction of sp³-hybridized carbons (Fsp3) is 0.143. The van der Waals surface area contributed by atoms with Crippen molar-refractivity contribution in [3.8, 4) is 28.5 Å². The molecule has 0 aliphatic heterocycles. The average Bonchev–Trinajstić information content (AvgIpc) is 3.13. The number of nitriles is 1. The molecule has 0 bridgehead atoms. The van der Waals surface area contributed by atoms with Gasteiger partial charge in [0, 0.05) is 28.5 Å². The van der Waals surface area contributed by atoms with Crippen LogP contribution in [-0.2, 0) is 7.05 Å². The van der Waals surface area contributed by atoms with Gasteiger partial charge in [0.2, 0.25) is 5.69 Å². The molecule has 2 heterocycles. The maximum absolute atomic E-state index is 9.92. The third kappa shape index (κ3) is 2.92. The smallest absolute Gasteiger partial charge is 0.216 e. The summed E-state index contributed by atoms with van der Waals surface area (Å²) in [6.07, 6.45) is 2.05. The van der Waals surface area contributed by atoms with Crippen LogP contribution in [0.5, 0.6) is 0 Å². The number of hydrogen-bond acceptors (Lipinski definition) is 2. The lowest BCUT2D eigenvalue weighted by Gasteiger charge is -2.11. The molecule has 0 aliphatic rings. The minimum atomic E-state index is 0.662. The van der Waals surface area contributed by atoms with Gasteiger partial charge >= 0.3 is 0 Å². The molecular weight excluding hydrogens is 380 g/mol. The number of furan rings is 1. The van der Waals surface area contributed by atoms with Gasteiger partial charge in [-0.3, -0.25) is 0 Å². The molecule has 0 atom stereocenters. The van der Waals surface area contributed by atoms with E-state index in [9.17, 15) is 5.26 Å². The maximum atomic E-state index is 9.92. The van der Waals surface area contributed by atoms with Crippen molar-refractivity contribution < 1.29 is 8.98 Å². The monoisotopic (exact) mass is 403 g/mol. The second-order valence-corrected chi connectivity index (χ2v) is 8.22. The number of fused-ring (bicyclic) bond motifs is 3. The highest BCUT2D eigenvalue weighted by molar-refractivity contribution is 6.16. The lowest BCUT2D eigenvalue weighted by molar-refractivity contribution is -0.660. The largest absolute Gasteiger partial charge is 0.455 e. The standard InChI is InChI=1S/C28H23N2O/c1-17-8-11-21(19(3)15-17)26-20(16-29)10-13-24-27(26)22-12-9-18(2)25(28(22)31-24)23-7-5-6-14-30(23)4/h5-15H,1-4H3/q+1. The Kier molecular flexibility index (Phi) is 4.38. The Hall–Kier alpha value is -3.90. The minimum Gasteiger partial charge on any atom is -0.455 e. The number of aryl methyl sites for hydroxylation is 4. The lowest BCUT2D eigenvalue weighted by Crippen LogP contribution is -2.30. The van der Waals surface area contributed by atoms with E-state index in [0.29, 0.717) is 5.56 Å². The summed E-state index contributed by atoms with van der Waals surface area (Å²) in [5, 5.41) is 12.0. The number of hydrogen-bond donors (Lipinski definition) is 0. The summed E-state index contributed by atoms with van der Waals surface area (Å²) in [5.74, 6) is 0. The van der Waals surface area contributed by atoms with Crippen molar-refractivity contribution in [3.05, 3.63) is 89.1 Å².